The maximum Gasteiger partial charge on any atom is 0.284 e. The molecule has 9 heteroatoms. The largest absolute Gasteiger partial charge is 0.352 e. The van der Waals surface area contributed by atoms with Gasteiger partial charge in [-0.05, 0) is 34.5 Å². The molecule has 0 saturated carbocycles. The van der Waals surface area contributed by atoms with Crippen LogP contribution in [0.4, 0.5) is 5.69 Å². The molecule has 2 N–H and O–H groups in total. The number of nitrogens with zero attached hydrogens (tertiary/aromatic N) is 3. The van der Waals surface area contributed by atoms with Gasteiger partial charge in [0.15, 0.2) is 0 Å². The zero-order chi connectivity index (χ0) is 15.2. The van der Waals surface area contributed by atoms with Crippen molar-refractivity contribution in [2.75, 3.05) is 6.54 Å². The number of aromatic nitrogens is 3. The number of carbonyl (C=O) groups excluding carboxylic acids is 1. The molecule has 8 nitrogen and oxygen atoms in total. The molecule has 0 aliphatic heterocycles. The van der Waals surface area contributed by atoms with Crippen molar-refractivity contribution in [3.05, 3.63) is 50.5 Å². The first-order chi connectivity index (χ1) is 10.1. The van der Waals surface area contributed by atoms with Crippen LogP contribution in [0.2, 0.25) is 0 Å². The number of nitro benzene ring substituents is 1. The number of hydrogen-bond donors (Lipinski definition) is 2. The van der Waals surface area contributed by atoms with Crippen LogP contribution in [0.5, 0.6) is 0 Å². The molecule has 2 rings (SSSR count). The van der Waals surface area contributed by atoms with Crippen molar-refractivity contribution in [1.82, 2.24) is 20.5 Å². The van der Waals surface area contributed by atoms with Gasteiger partial charge in [-0.2, -0.15) is 5.10 Å². The summed E-state index contributed by atoms with van der Waals surface area (Å²) in [7, 11) is 0. The van der Waals surface area contributed by atoms with Crippen molar-refractivity contribution in [2.24, 2.45) is 0 Å². The van der Waals surface area contributed by atoms with Crippen LogP contribution >= 0.6 is 15.9 Å². The van der Waals surface area contributed by atoms with E-state index in [4.69, 9.17) is 0 Å². The van der Waals surface area contributed by atoms with Crippen molar-refractivity contribution in [2.45, 2.75) is 12.8 Å². The Balaban J connectivity index is 1.88. The Labute approximate surface area is 128 Å². The zero-order valence-corrected chi connectivity index (χ0v) is 12.5. The fourth-order valence-corrected chi connectivity index (χ4v) is 2.10. The van der Waals surface area contributed by atoms with Crippen molar-refractivity contribution >= 4 is 27.5 Å². The normalized spacial score (nSPS) is 10.3. The van der Waals surface area contributed by atoms with E-state index >= 15 is 0 Å². The molecular formula is C12H12BrN5O3. The molecule has 0 fully saturated rings. The number of nitrogens with one attached hydrogen (secondary N) is 2. The van der Waals surface area contributed by atoms with Crippen LogP contribution in [0, 0.1) is 10.1 Å². The minimum atomic E-state index is -0.537. The topological polar surface area (TPSA) is 114 Å². The molecule has 0 unspecified atom stereocenters. The Morgan fingerprint density at radius 2 is 2.29 bits per heavy atom. The van der Waals surface area contributed by atoms with Crippen molar-refractivity contribution in [3.8, 4) is 0 Å². The second-order valence-corrected chi connectivity index (χ2v) is 5.07. The molecule has 0 bridgehead atoms. The standard InChI is InChI=1S/C12H12BrN5O3/c13-9-4-3-8(6-10(9)18(20)21)12(19)14-5-1-2-11-15-7-16-17-11/h3-4,6-7H,1-2,5H2,(H,14,19)(H,15,16,17). The number of hydrogen-bond acceptors (Lipinski definition) is 5. The summed E-state index contributed by atoms with van der Waals surface area (Å²) in [5.74, 6) is 0.409. The Bertz CT molecular complexity index is 644. The molecule has 0 saturated heterocycles. The van der Waals surface area contributed by atoms with Crippen LogP contribution in [-0.2, 0) is 6.42 Å². The van der Waals surface area contributed by atoms with Gasteiger partial charge in [0.1, 0.15) is 12.2 Å². The average molecular weight is 354 g/mol. The predicted octanol–water partition coefficient (Wildman–Crippen LogP) is 1.84. The third-order valence-corrected chi connectivity index (χ3v) is 3.42. The van der Waals surface area contributed by atoms with Gasteiger partial charge in [-0.1, -0.05) is 0 Å². The number of nitro groups is 1. The summed E-state index contributed by atoms with van der Waals surface area (Å²) in [6, 6.07) is 4.26. The van der Waals surface area contributed by atoms with Gasteiger partial charge in [0.25, 0.3) is 11.6 Å². The molecule has 0 aliphatic rings. The third-order valence-electron chi connectivity index (χ3n) is 2.75. The Morgan fingerprint density at radius 1 is 1.48 bits per heavy atom. The summed E-state index contributed by atoms with van der Waals surface area (Å²) in [5, 5.41) is 20.0. The van der Waals surface area contributed by atoms with Gasteiger partial charge < -0.3 is 5.32 Å². The van der Waals surface area contributed by atoms with Gasteiger partial charge >= 0.3 is 0 Å². The molecule has 1 aromatic carbocycles. The van der Waals surface area contributed by atoms with Gasteiger partial charge in [-0.15, -0.1) is 0 Å². The number of H-pyrrole nitrogens is 1. The quantitative estimate of drug-likeness (QED) is 0.467. The third kappa shape index (κ3) is 4.09. The minimum Gasteiger partial charge on any atom is -0.352 e. The highest BCUT2D eigenvalue weighted by Crippen LogP contribution is 2.25. The SMILES string of the molecule is O=C(NCCCc1ncn[nH]1)c1ccc(Br)c([N+](=O)[O-])c1. The lowest BCUT2D eigenvalue weighted by Crippen LogP contribution is -2.24. The lowest BCUT2D eigenvalue weighted by atomic mass is 10.2. The van der Waals surface area contributed by atoms with Crippen LogP contribution in [0.1, 0.15) is 22.6 Å². The number of rotatable bonds is 6. The number of carbonyl (C=O) groups is 1. The van der Waals surface area contributed by atoms with Crippen LogP contribution in [-0.4, -0.2) is 32.6 Å². The van der Waals surface area contributed by atoms with E-state index in [-0.39, 0.29) is 17.2 Å². The van der Waals surface area contributed by atoms with Crippen molar-refractivity contribution in [1.29, 1.82) is 0 Å². The fraction of sp³-hybridized carbons (Fsp3) is 0.250. The van der Waals surface area contributed by atoms with Gasteiger partial charge in [0.2, 0.25) is 0 Å². The number of halogens is 1. The van der Waals surface area contributed by atoms with E-state index in [9.17, 15) is 14.9 Å². The monoisotopic (exact) mass is 353 g/mol. The summed E-state index contributed by atoms with van der Waals surface area (Å²) >= 11 is 3.08. The number of aromatic amines is 1. The summed E-state index contributed by atoms with van der Waals surface area (Å²) in [6.45, 7) is 0.448. The molecular weight excluding hydrogens is 342 g/mol. The van der Waals surface area contributed by atoms with E-state index in [1.165, 1.54) is 24.5 Å². The van der Waals surface area contributed by atoms with E-state index in [1.54, 1.807) is 0 Å². The first kappa shape index (κ1) is 15.1. The smallest absolute Gasteiger partial charge is 0.284 e. The summed E-state index contributed by atoms with van der Waals surface area (Å²) < 4.78 is 0.342. The van der Waals surface area contributed by atoms with Gasteiger partial charge in [-0.25, -0.2) is 4.98 Å². The molecule has 0 spiro atoms. The molecule has 110 valence electrons. The Morgan fingerprint density at radius 3 is 2.95 bits per heavy atom. The molecule has 1 heterocycles. The van der Waals surface area contributed by atoms with Crippen molar-refractivity contribution < 1.29 is 9.72 Å². The predicted molar refractivity (Wildman–Crippen MR) is 77.8 cm³/mol. The highest BCUT2D eigenvalue weighted by molar-refractivity contribution is 9.10. The number of amides is 1. The average Bonchev–Trinajstić information content (AvgIpc) is 2.96. The zero-order valence-electron chi connectivity index (χ0n) is 10.9. The van der Waals surface area contributed by atoms with E-state index < -0.39 is 4.92 Å². The fourth-order valence-electron chi connectivity index (χ4n) is 1.70. The summed E-state index contributed by atoms with van der Waals surface area (Å²) in [6.07, 6.45) is 2.79. The summed E-state index contributed by atoms with van der Waals surface area (Å²) in [4.78, 5) is 26.2. The second kappa shape index (κ2) is 6.93. The minimum absolute atomic E-state index is 0.135. The van der Waals surface area contributed by atoms with E-state index in [0.29, 0.717) is 23.9 Å². The van der Waals surface area contributed by atoms with Gasteiger partial charge in [0.05, 0.1) is 9.40 Å². The van der Waals surface area contributed by atoms with Gasteiger partial charge in [0, 0.05) is 24.6 Å². The summed E-state index contributed by atoms with van der Waals surface area (Å²) in [5.41, 5.74) is 0.119. The van der Waals surface area contributed by atoms with Crippen LogP contribution in [0.3, 0.4) is 0 Å². The molecule has 1 amide bonds. The molecule has 0 radical (unpaired) electrons. The van der Waals surface area contributed by atoms with Gasteiger partial charge in [-0.3, -0.25) is 20.0 Å². The van der Waals surface area contributed by atoms with E-state index in [2.05, 4.69) is 36.4 Å². The van der Waals surface area contributed by atoms with Crippen molar-refractivity contribution in [3.63, 3.8) is 0 Å². The Hall–Kier alpha value is -2.29. The maximum atomic E-state index is 11.9. The molecule has 0 aliphatic carbocycles. The van der Waals surface area contributed by atoms with Crippen LogP contribution in [0.15, 0.2) is 29.0 Å². The second-order valence-electron chi connectivity index (χ2n) is 4.21. The highest BCUT2D eigenvalue weighted by atomic mass is 79.9. The number of aryl methyl sites for hydroxylation is 1. The molecule has 2 aromatic rings. The van der Waals surface area contributed by atoms with E-state index in [0.717, 1.165) is 5.82 Å². The lowest BCUT2D eigenvalue weighted by molar-refractivity contribution is -0.385. The molecule has 1 aromatic heterocycles. The molecule has 21 heavy (non-hydrogen) atoms. The Kier molecular flexibility index (Phi) is 4.99. The maximum absolute atomic E-state index is 11.9. The first-order valence-corrected chi connectivity index (χ1v) is 6.93. The molecule has 0 atom stereocenters. The highest BCUT2D eigenvalue weighted by Gasteiger charge is 2.15. The van der Waals surface area contributed by atoms with Crippen LogP contribution in [0.25, 0.3) is 0 Å². The number of benzene rings is 1. The van der Waals surface area contributed by atoms with Crippen LogP contribution < -0.4 is 5.32 Å². The lowest BCUT2D eigenvalue weighted by Gasteiger charge is -2.05. The van der Waals surface area contributed by atoms with E-state index in [1.807, 2.05) is 0 Å². The first-order valence-electron chi connectivity index (χ1n) is 6.14.